The monoisotopic (exact) mass is 677 g/mol. The van der Waals surface area contributed by atoms with E-state index in [9.17, 15) is 31.2 Å². The quantitative estimate of drug-likeness (QED) is 0.234. The number of nitrogens with zero attached hydrogens (tertiary/aromatic N) is 2. The molecule has 3 aromatic carbocycles. The van der Waals surface area contributed by atoms with Gasteiger partial charge in [0.05, 0.1) is 21.2 Å². The number of carbonyl (C=O) groups is 2. The second-order valence-corrected chi connectivity index (χ2v) is 12.6. The maximum atomic E-state index is 14.0. The third kappa shape index (κ3) is 8.14. The van der Waals surface area contributed by atoms with Gasteiger partial charge in [-0.2, -0.15) is 13.2 Å². The highest BCUT2D eigenvalue weighted by Crippen LogP contribution is 2.38. The van der Waals surface area contributed by atoms with Crippen molar-refractivity contribution < 1.29 is 31.2 Å². The molecule has 0 unspecified atom stereocenters. The van der Waals surface area contributed by atoms with Crippen LogP contribution in [0.25, 0.3) is 0 Å². The third-order valence-electron chi connectivity index (χ3n) is 6.56. The summed E-state index contributed by atoms with van der Waals surface area (Å²) >= 11 is 18.5. The predicted molar refractivity (Wildman–Crippen MR) is 162 cm³/mol. The Hall–Kier alpha value is -2.99. The number of nitrogens with one attached hydrogen (secondary N) is 1. The first-order chi connectivity index (χ1) is 20.1. The number of aryl methyl sites for hydroxylation is 1. The SMILES string of the molecule is CCNC(=O)[C@H](CC)N(Cc1c(Cl)cccc1Cl)C(=O)CN(c1ccc(Cl)c(C(F)(F)F)c1)S(=O)(=O)c1ccc(C)cc1. The van der Waals surface area contributed by atoms with E-state index in [1.807, 2.05) is 0 Å². The van der Waals surface area contributed by atoms with Crippen LogP contribution in [0, 0.1) is 6.92 Å². The summed E-state index contributed by atoms with van der Waals surface area (Å²) in [5.74, 6) is -1.39. The molecule has 0 aromatic heterocycles. The zero-order chi connectivity index (χ0) is 32.1. The number of alkyl halides is 3. The first kappa shape index (κ1) is 34.5. The predicted octanol–water partition coefficient (Wildman–Crippen LogP) is 7.11. The van der Waals surface area contributed by atoms with Crippen LogP contribution in [0.3, 0.4) is 0 Å². The standard InChI is InChI=1S/C29H29Cl3F3N3O4S/c1-4-26(28(40)36-5-2)37(16-21-23(30)7-6-8-24(21)31)27(39)17-38(43(41,42)20-12-9-18(3)10-13-20)19-11-14-25(32)22(15-19)29(33,34)35/h6-15,26H,4-5,16-17H2,1-3H3,(H,36,40)/t26-/m0/s1. The lowest BCUT2D eigenvalue weighted by atomic mass is 10.1. The molecule has 232 valence electrons. The molecule has 0 heterocycles. The summed E-state index contributed by atoms with van der Waals surface area (Å²) in [5.41, 5.74) is -0.687. The molecule has 0 aliphatic rings. The number of amides is 2. The summed E-state index contributed by atoms with van der Waals surface area (Å²) in [6.45, 7) is 4.10. The Morgan fingerprint density at radius 2 is 1.53 bits per heavy atom. The van der Waals surface area contributed by atoms with Gasteiger partial charge in [-0.05, 0) is 62.7 Å². The van der Waals surface area contributed by atoms with Gasteiger partial charge in [0, 0.05) is 28.7 Å². The second kappa shape index (κ2) is 14.2. The summed E-state index contributed by atoms with van der Waals surface area (Å²) in [4.78, 5) is 27.9. The Morgan fingerprint density at radius 1 is 0.930 bits per heavy atom. The van der Waals surface area contributed by atoms with Gasteiger partial charge in [0.25, 0.3) is 10.0 Å². The number of halogens is 6. The molecule has 0 spiro atoms. The van der Waals surface area contributed by atoms with E-state index in [1.54, 1.807) is 39.0 Å². The zero-order valence-electron chi connectivity index (χ0n) is 23.4. The van der Waals surface area contributed by atoms with Crippen LogP contribution in [0.1, 0.15) is 37.0 Å². The first-order valence-corrected chi connectivity index (χ1v) is 15.6. The fraction of sp³-hybridized carbons (Fsp3) is 0.310. The van der Waals surface area contributed by atoms with Crippen molar-refractivity contribution in [2.45, 2.75) is 50.9 Å². The summed E-state index contributed by atoms with van der Waals surface area (Å²) in [5, 5.41) is 2.41. The van der Waals surface area contributed by atoms with E-state index in [2.05, 4.69) is 5.32 Å². The zero-order valence-corrected chi connectivity index (χ0v) is 26.5. The minimum absolute atomic E-state index is 0.128. The molecule has 0 aliphatic carbocycles. The molecule has 0 aliphatic heterocycles. The average molecular weight is 679 g/mol. The van der Waals surface area contributed by atoms with E-state index in [-0.39, 0.29) is 34.5 Å². The van der Waals surface area contributed by atoms with Crippen LogP contribution >= 0.6 is 34.8 Å². The van der Waals surface area contributed by atoms with Gasteiger partial charge in [-0.25, -0.2) is 8.42 Å². The fourth-order valence-corrected chi connectivity index (χ4v) is 6.46. The highest BCUT2D eigenvalue weighted by molar-refractivity contribution is 7.92. The van der Waals surface area contributed by atoms with E-state index >= 15 is 0 Å². The van der Waals surface area contributed by atoms with Crippen molar-refractivity contribution in [1.82, 2.24) is 10.2 Å². The minimum Gasteiger partial charge on any atom is -0.355 e. The third-order valence-corrected chi connectivity index (χ3v) is 9.38. The number of likely N-dealkylation sites (N-methyl/N-ethyl adjacent to an activating group) is 1. The van der Waals surface area contributed by atoms with Crippen molar-refractivity contribution in [2.24, 2.45) is 0 Å². The second-order valence-electron chi connectivity index (χ2n) is 9.53. The van der Waals surface area contributed by atoms with Crippen LogP contribution in [0.2, 0.25) is 15.1 Å². The van der Waals surface area contributed by atoms with Gasteiger partial charge in [-0.1, -0.05) is 65.5 Å². The maximum Gasteiger partial charge on any atom is 0.417 e. The van der Waals surface area contributed by atoms with E-state index in [0.29, 0.717) is 15.9 Å². The summed E-state index contributed by atoms with van der Waals surface area (Å²) in [6, 6.07) is 11.7. The lowest BCUT2D eigenvalue weighted by Gasteiger charge is -2.33. The molecule has 7 nitrogen and oxygen atoms in total. The molecule has 0 bridgehead atoms. The highest BCUT2D eigenvalue weighted by Gasteiger charge is 2.37. The van der Waals surface area contributed by atoms with E-state index in [1.165, 1.54) is 24.3 Å². The topological polar surface area (TPSA) is 86.8 Å². The molecule has 3 aromatic rings. The van der Waals surface area contributed by atoms with Crippen molar-refractivity contribution in [3.05, 3.63) is 92.4 Å². The van der Waals surface area contributed by atoms with Gasteiger partial charge in [-0.15, -0.1) is 0 Å². The fourth-order valence-electron chi connectivity index (χ4n) is 4.32. The largest absolute Gasteiger partial charge is 0.417 e. The highest BCUT2D eigenvalue weighted by atomic mass is 35.5. The Labute approximate surface area is 263 Å². The van der Waals surface area contributed by atoms with Gasteiger partial charge < -0.3 is 10.2 Å². The van der Waals surface area contributed by atoms with Gasteiger partial charge in [0.15, 0.2) is 0 Å². The lowest BCUT2D eigenvalue weighted by Crippen LogP contribution is -2.52. The minimum atomic E-state index is -4.91. The molecule has 0 saturated carbocycles. The molecule has 2 amide bonds. The van der Waals surface area contributed by atoms with Crippen LogP contribution < -0.4 is 9.62 Å². The van der Waals surface area contributed by atoms with Crippen LogP contribution in [0.15, 0.2) is 65.6 Å². The Kier molecular flexibility index (Phi) is 11.4. The average Bonchev–Trinajstić information content (AvgIpc) is 2.93. The number of sulfonamides is 1. The summed E-state index contributed by atoms with van der Waals surface area (Å²) < 4.78 is 69.7. The van der Waals surface area contributed by atoms with Crippen molar-refractivity contribution >= 4 is 62.3 Å². The van der Waals surface area contributed by atoms with E-state index in [4.69, 9.17) is 34.8 Å². The molecule has 1 atom stereocenters. The molecule has 0 saturated heterocycles. The summed E-state index contributed by atoms with van der Waals surface area (Å²) in [6.07, 6.45) is -4.78. The number of hydrogen-bond acceptors (Lipinski definition) is 4. The van der Waals surface area contributed by atoms with Crippen molar-refractivity contribution in [3.63, 3.8) is 0 Å². The first-order valence-electron chi connectivity index (χ1n) is 13.1. The maximum absolute atomic E-state index is 14.0. The molecule has 1 N–H and O–H groups in total. The van der Waals surface area contributed by atoms with Gasteiger partial charge >= 0.3 is 6.18 Å². The van der Waals surface area contributed by atoms with Crippen molar-refractivity contribution in [2.75, 3.05) is 17.4 Å². The molecule has 0 fully saturated rings. The lowest BCUT2D eigenvalue weighted by molar-refractivity contribution is -0.140. The number of anilines is 1. The number of carbonyl (C=O) groups excluding carboxylic acids is 2. The van der Waals surface area contributed by atoms with Gasteiger partial charge in [-0.3, -0.25) is 13.9 Å². The van der Waals surface area contributed by atoms with Gasteiger partial charge in [0.1, 0.15) is 12.6 Å². The molecule has 0 radical (unpaired) electrons. The molecular formula is C29H29Cl3F3N3O4S. The normalized spacial score (nSPS) is 12.5. The Bertz CT molecular complexity index is 1570. The number of hydrogen-bond donors (Lipinski definition) is 1. The molecule has 14 heteroatoms. The summed E-state index contributed by atoms with van der Waals surface area (Å²) in [7, 11) is -4.60. The van der Waals surface area contributed by atoms with Crippen molar-refractivity contribution in [3.8, 4) is 0 Å². The van der Waals surface area contributed by atoms with Crippen LogP contribution in [-0.4, -0.2) is 44.3 Å². The number of rotatable bonds is 11. The van der Waals surface area contributed by atoms with Crippen LogP contribution in [0.5, 0.6) is 0 Å². The van der Waals surface area contributed by atoms with E-state index < -0.39 is 56.9 Å². The van der Waals surface area contributed by atoms with Crippen molar-refractivity contribution in [1.29, 1.82) is 0 Å². The van der Waals surface area contributed by atoms with Gasteiger partial charge in [0.2, 0.25) is 11.8 Å². The Morgan fingerprint density at radius 3 is 2.07 bits per heavy atom. The smallest absolute Gasteiger partial charge is 0.355 e. The molecule has 3 rings (SSSR count). The van der Waals surface area contributed by atoms with Crippen LogP contribution in [-0.2, 0) is 32.3 Å². The molecular weight excluding hydrogens is 650 g/mol. The molecule has 43 heavy (non-hydrogen) atoms. The number of benzene rings is 3. The van der Waals surface area contributed by atoms with Crippen LogP contribution in [0.4, 0.5) is 18.9 Å². The Balaban J connectivity index is 2.19. The van der Waals surface area contributed by atoms with E-state index in [0.717, 1.165) is 22.6 Å².